The average Bonchev–Trinajstić information content (AvgIpc) is 2.51. The predicted molar refractivity (Wildman–Crippen MR) is 83.4 cm³/mol. The highest BCUT2D eigenvalue weighted by molar-refractivity contribution is 5.82. The van der Waals surface area contributed by atoms with Gasteiger partial charge in [-0.2, -0.15) is 0 Å². The quantitative estimate of drug-likeness (QED) is 0.943. The number of rotatable bonds is 3. The van der Waals surface area contributed by atoms with Crippen molar-refractivity contribution in [1.29, 1.82) is 0 Å². The molecule has 1 aliphatic heterocycles. The zero-order valence-electron chi connectivity index (χ0n) is 12.4. The van der Waals surface area contributed by atoms with Crippen molar-refractivity contribution in [1.82, 2.24) is 9.88 Å². The summed E-state index contributed by atoms with van der Waals surface area (Å²) in [5, 5.41) is 0.601. The molecule has 1 aromatic heterocycles. The van der Waals surface area contributed by atoms with E-state index in [1.54, 1.807) is 24.4 Å². The molecule has 0 aliphatic carbocycles. The Morgan fingerprint density at radius 2 is 2.24 bits per heavy atom. The van der Waals surface area contributed by atoms with Crippen molar-refractivity contribution in [3.8, 4) is 0 Å². The van der Waals surface area contributed by atoms with Crippen molar-refractivity contribution in [3.63, 3.8) is 0 Å². The first-order chi connectivity index (χ1) is 10.2. The van der Waals surface area contributed by atoms with Crippen LogP contribution in [-0.2, 0) is 6.54 Å². The number of pyridine rings is 1. The lowest BCUT2D eigenvalue weighted by Crippen LogP contribution is -2.48. The lowest BCUT2D eigenvalue weighted by Gasteiger charge is -2.38. The molecule has 1 fully saturated rings. The maximum Gasteiger partial charge on any atom is 0.132 e. The van der Waals surface area contributed by atoms with Crippen molar-refractivity contribution in [2.75, 3.05) is 6.54 Å². The molecule has 2 heterocycles. The van der Waals surface area contributed by atoms with Gasteiger partial charge in [-0.3, -0.25) is 9.88 Å². The van der Waals surface area contributed by atoms with Crippen molar-refractivity contribution >= 4 is 10.9 Å². The predicted octanol–water partition coefficient (Wildman–Crippen LogP) is 3.08. The van der Waals surface area contributed by atoms with E-state index in [4.69, 9.17) is 5.73 Å². The molecule has 2 unspecified atom stereocenters. The van der Waals surface area contributed by atoms with Gasteiger partial charge in [0.15, 0.2) is 0 Å². The monoisotopic (exact) mass is 287 g/mol. The van der Waals surface area contributed by atoms with Crippen LogP contribution in [0.2, 0.25) is 0 Å². The van der Waals surface area contributed by atoms with Crippen LogP contribution in [0.3, 0.4) is 0 Å². The summed E-state index contributed by atoms with van der Waals surface area (Å²) >= 11 is 0. The van der Waals surface area contributed by atoms with E-state index < -0.39 is 0 Å². The van der Waals surface area contributed by atoms with Crippen LogP contribution in [0.4, 0.5) is 4.39 Å². The van der Waals surface area contributed by atoms with Crippen LogP contribution in [-0.4, -0.2) is 28.5 Å². The minimum Gasteiger partial charge on any atom is -0.327 e. The van der Waals surface area contributed by atoms with Crippen LogP contribution in [0.1, 0.15) is 31.7 Å². The number of likely N-dealkylation sites (tertiary alicyclic amines) is 1. The van der Waals surface area contributed by atoms with Gasteiger partial charge >= 0.3 is 0 Å². The highest BCUT2D eigenvalue weighted by atomic mass is 19.1. The van der Waals surface area contributed by atoms with Gasteiger partial charge in [0.1, 0.15) is 5.82 Å². The van der Waals surface area contributed by atoms with Gasteiger partial charge in [-0.1, -0.05) is 12.5 Å². The summed E-state index contributed by atoms with van der Waals surface area (Å²) in [5.41, 5.74) is 7.98. The summed E-state index contributed by atoms with van der Waals surface area (Å²) in [4.78, 5) is 6.81. The van der Waals surface area contributed by atoms with Crippen LogP contribution >= 0.6 is 0 Å². The van der Waals surface area contributed by atoms with Crippen molar-refractivity contribution < 1.29 is 4.39 Å². The fourth-order valence-corrected chi connectivity index (χ4v) is 3.35. The van der Waals surface area contributed by atoms with E-state index in [1.807, 2.05) is 6.07 Å². The summed E-state index contributed by atoms with van der Waals surface area (Å²) < 4.78 is 13.9. The van der Waals surface area contributed by atoms with Gasteiger partial charge in [0, 0.05) is 30.2 Å². The molecule has 0 radical (unpaired) electrons. The topological polar surface area (TPSA) is 42.1 Å². The Hall–Kier alpha value is -1.52. The Bertz CT molecular complexity index is 626. The van der Waals surface area contributed by atoms with Crippen molar-refractivity contribution in [2.24, 2.45) is 5.73 Å². The number of fused-ring (bicyclic) bond motifs is 1. The van der Waals surface area contributed by atoms with Gasteiger partial charge in [0.2, 0.25) is 0 Å². The highest BCUT2D eigenvalue weighted by Crippen LogP contribution is 2.25. The number of benzene rings is 1. The summed E-state index contributed by atoms with van der Waals surface area (Å²) in [7, 11) is 0. The maximum absolute atomic E-state index is 13.9. The van der Waals surface area contributed by atoms with Crippen molar-refractivity contribution in [2.45, 2.75) is 44.8 Å². The lowest BCUT2D eigenvalue weighted by molar-refractivity contribution is 0.123. The number of nitrogens with two attached hydrogens (primary N) is 1. The number of nitrogens with zero attached hydrogens (tertiary/aromatic N) is 2. The third-order valence-corrected chi connectivity index (χ3v) is 4.44. The van der Waals surface area contributed by atoms with Crippen LogP contribution < -0.4 is 5.73 Å². The molecule has 0 saturated carbocycles. The second kappa shape index (κ2) is 6.08. The summed E-state index contributed by atoms with van der Waals surface area (Å²) in [6, 6.07) is 7.54. The molecule has 112 valence electrons. The van der Waals surface area contributed by atoms with Gasteiger partial charge in [-0.05, 0) is 50.1 Å². The van der Waals surface area contributed by atoms with Gasteiger partial charge < -0.3 is 5.73 Å². The summed E-state index contributed by atoms with van der Waals surface area (Å²) in [5.74, 6) is -0.204. The Balaban J connectivity index is 1.92. The third-order valence-electron chi connectivity index (χ3n) is 4.44. The molecular formula is C17H22FN3. The van der Waals surface area contributed by atoms with E-state index in [0.29, 0.717) is 11.4 Å². The Morgan fingerprint density at radius 1 is 1.38 bits per heavy atom. The molecule has 0 bridgehead atoms. The first-order valence-electron chi connectivity index (χ1n) is 7.68. The Kier molecular flexibility index (Phi) is 4.17. The molecule has 2 aromatic rings. The summed E-state index contributed by atoms with van der Waals surface area (Å²) in [6.45, 7) is 3.92. The van der Waals surface area contributed by atoms with Gasteiger partial charge in [-0.15, -0.1) is 0 Å². The van der Waals surface area contributed by atoms with Crippen molar-refractivity contribution in [3.05, 3.63) is 41.8 Å². The molecular weight excluding hydrogens is 265 g/mol. The SMILES string of the molecule is CC(N)C1CCCCN1Cc1ccc(F)c2cccnc12. The van der Waals surface area contributed by atoms with Crippen LogP contribution in [0, 0.1) is 5.82 Å². The van der Waals surface area contributed by atoms with Crippen LogP contribution in [0.15, 0.2) is 30.5 Å². The fourth-order valence-electron chi connectivity index (χ4n) is 3.35. The molecule has 21 heavy (non-hydrogen) atoms. The fraction of sp³-hybridized carbons (Fsp3) is 0.471. The highest BCUT2D eigenvalue weighted by Gasteiger charge is 2.25. The van der Waals surface area contributed by atoms with E-state index in [9.17, 15) is 4.39 Å². The summed E-state index contributed by atoms with van der Waals surface area (Å²) in [6.07, 6.45) is 5.32. The second-order valence-electron chi connectivity index (χ2n) is 6.00. The normalized spacial score (nSPS) is 21.6. The maximum atomic E-state index is 13.9. The molecule has 2 atom stereocenters. The molecule has 0 amide bonds. The average molecular weight is 287 g/mol. The molecule has 2 N–H and O–H groups in total. The minimum absolute atomic E-state index is 0.157. The van der Waals surface area contributed by atoms with E-state index in [-0.39, 0.29) is 11.9 Å². The van der Waals surface area contributed by atoms with Crippen LogP contribution in [0.5, 0.6) is 0 Å². The Morgan fingerprint density at radius 3 is 3.05 bits per heavy atom. The zero-order chi connectivity index (χ0) is 14.8. The molecule has 3 nitrogen and oxygen atoms in total. The molecule has 4 heteroatoms. The first-order valence-corrected chi connectivity index (χ1v) is 7.68. The molecule has 1 saturated heterocycles. The third kappa shape index (κ3) is 2.92. The molecule has 1 aliphatic rings. The molecule has 1 aromatic carbocycles. The lowest BCUT2D eigenvalue weighted by atomic mass is 9.96. The first kappa shape index (κ1) is 14.4. The number of aromatic nitrogens is 1. The number of halogens is 1. The van der Waals surface area contributed by atoms with E-state index in [2.05, 4.69) is 16.8 Å². The Labute approximate surface area is 125 Å². The molecule has 0 spiro atoms. The smallest absolute Gasteiger partial charge is 0.132 e. The van der Waals surface area contributed by atoms with Gasteiger partial charge in [-0.25, -0.2) is 4.39 Å². The second-order valence-corrected chi connectivity index (χ2v) is 6.00. The number of piperidine rings is 1. The van der Waals surface area contributed by atoms with E-state index in [1.165, 1.54) is 12.8 Å². The number of hydrogen-bond donors (Lipinski definition) is 1. The molecule has 3 rings (SSSR count). The minimum atomic E-state index is -0.204. The van der Waals surface area contributed by atoms with E-state index in [0.717, 1.165) is 30.6 Å². The standard InChI is InChI=1S/C17H22FN3/c1-12(19)16-6-2-3-10-21(16)11-13-7-8-15(18)14-5-4-9-20-17(13)14/h4-5,7-9,12,16H,2-3,6,10-11,19H2,1H3. The van der Waals surface area contributed by atoms with Gasteiger partial charge in [0.25, 0.3) is 0 Å². The number of hydrogen-bond acceptors (Lipinski definition) is 3. The largest absolute Gasteiger partial charge is 0.327 e. The zero-order valence-corrected chi connectivity index (χ0v) is 12.4. The van der Waals surface area contributed by atoms with Gasteiger partial charge in [0.05, 0.1) is 5.52 Å². The van der Waals surface area contributed by atoms with Crippen LogP contribution in [0.25, 0.3) is 10.9 Å². The van der Waals surface area contributed by atoms with E-state index >= 15 is 0 Å².